The first kappa shape index (κ1) is 16.5. The Hall–Kier alpha value is -1.88. The third-order valence-electron chi connectivity index (χ3n) is 4.47. The lowest BCUT2D eigenvalue weighted by atomic mass is 9.92. The van der Waals surface area contributed by atoms with Crippen LogP contribution < -0.4 is 5.32 Å². The zero-order valence-corrected chi connectivity index (χ0v) is 13.4. The van der Waals surface area contributed by atoms with Crippen molar-refractivity contribution in [1.29, 1.82) is 0 Å². The van der Waals surface area contributed by atoms with Crippen LogP contribution in [-0.2, 0) is 9.59 Å². The van der Waals surface area contributed by atoms with Crippen molar-refractivity contribution in [3.63, 3.8) is 0 Å². The summed E-state index contributed by atoms with van der Waals surface area (Å²) in [6.45, 7) is 6.78. The van der Waals surface area contributed by atoms with Gasteiger partial charge in [0.1, 0.15) is 0 Å². The van der Waals surface area contributed by atoms with Crippen molar-refractivity contribution in [2.75, 3.05) is 18.4 Å². The van der Waals surface area contributed by atoms with Gasteiger partial charge in [0, 0.05) is 18.8 Å². The monoisotopic (exact) mass is 304 g/mol. The number of hydrogen-bond donors (Lipinski definition) is 2. The van der Waals surface area contributed by atoms with Crippen molar-refractivity contribution in [2.45, 2.75) is 39.7 Å². The Bertz CT molecular complexity index is 561. The maximum atomic E-state index is 12.2. The van der Waals surface area contributed by atoms with E-state index in [0.29, 0.717) is 18.8 Å². The number of amides is 2. The summed E-state index contributed by atoms with van der Waals surface area (Å²) in [5.74, 6) is -0.882. The van der Waals surface area contributed by atoms with Crippen LogP contribution in [0.15, 0.2) is 18.2 Å². The molecule has 5 heteroatoms. The Morgan fingerprint density at radius 1 is 1.23 bits per heavy atom. The lowest BCUT2D eigenvalue weighted by Crippen LogP contribution is -2.45. The molecule has 120 valence electrons. The number of aryl methyl sites for hydroxylation is 2. The molecule has 2 amide bonds. The minimum absolute atomic E-state index is 0.215. The number of aliphatic hydroxyl groups excluding tert-OH is 1. The second kappa shape index (κ2) is 6.92. The van der Waals surface area contributed by atoms with Crippen LogP contribution in [0.4, 0.5) is 5.69 Å². The highest BCUT2D eigenvalue weighted by Crippen LogP contribution is 2.21. The van der Waals surface area contributed by atoms with Crippen molar-refractivity contribution >= 4 is 17.5 Å². The molecule has 1 fully saturated rings. The standard InChI is InChI=1S/C17H24N2O3/c1-11-4-5-15(10-12(11)2)18-16(21)17(22)19-8-6-14(7-9-19)13(3)20/h4-5,10,13-14,20H,6-9H2,1-3H3,(H,18,21). The van der Waals surface area contributed by atoms with Crippen LogP contribution >= 0.6 is 0 Å². The first-order chi connectivity index (χ1) is 10.4. The van der Waals surface area contributed by atoms with Crippen molar-refractivity contribution in [3.05, 3.63) is 29.3 Å². The smallest absolute Gasteiger partial charge is 0.313 e. The Kier molecular flexibility index (Phi) is 5.19. The van der Waals surface area contributed by atoms with Crippen LogP contribution in [0.2, 0.25) is 0 Å². The number of likely N-dealkylation sites (tertiary alicyclic amines) is 1. The van der Waals surface area contributed by atoms with Gasteiger partial charge in [-0.05, 0) is 62.8 Å². The highest BCUT2D eigenvalue weighted by Gasteiger charge is 2.28. The number of aliphatic hydroxyl groups is 1. The summed E-state index contributed by atoms with van der Waals surface area (Å²) in [5.41, 5.74) is 2.85. The molecule has 0 saturated carbocycles. The predicted octanol–water partition coefficient (Wildman–Crippen LogP) is 1.86. The van der Waals surface area contributed by atoms with Crippen molar-refractivity contribution < 1.29 is 14.7 Å². The summed E-state index contributed by atoms with van der Waals surface area (Å²) in [5, 5.41) is 12.2. The average molecular weight is 304 g/mol. The molecule has 22 heavy (non-hydrogen) atoms. The fourth-order valence-corrected chi connectivity index (χ4v) is 2.73. The van der Waals surface area contributed by atoms with Gasteiger partial charge in [-0.25, -0.2) is 0 Å². The van der Waals surface area contributed by atoms with Gasteiger partial charge in [0.2, 0.25) is 0 Å². The van der Waals surface area contributed by atoms with Crippen LogP contribution in [0, 0.1) is 19.8 Å². The Balaban J connectivity index is 1.92. The molecule has 2 rings (SSSR count). The number of carbonyl (C=O) groups is 2. The van der Waals surface area contributed by atoms with Gasteiger partial charge in [-0.3, -0.25) is 9.59 Å². The molecule has 5 nitrogen and oxygen atoms in total. The summed E-state index contributed by atoms with van der Waals surface area (Å²) in [4.78, 5) is 25.8. The summed E-state index contributed by atoms with van der Waals surface area (Å²) >= 11 is 0. The van der Waals surface area contributed by atoms with Gasteiger partial charge in [0.05, 0.1) is 6.10 Å². The molecule has 1 aliphatic rings. The first-order valence-electron chi connectivity index (χ1n) is 7.74. The third kappa shape index (κ3) is 3.85. The minimum Gasteiger partial charge on any atom is -0.393 e. The SMILES string of the molecule is Cc1ccc(NC(=O)C(=O)N2CCC(C(C)O)CC2)cc1C. The van der Waals surface area contributed by atoms with Crippen LogP contribution in [-0.4, -0.2) is 41.0 Å². The number of piperidine rings is 1. The molecule has 0 bridgehead atoms. The van der Waals surface area contributed by atoms with Crippen LogP contribution in [0.5, 0.6) is 0 Å². The van der Waals surface area contributed by atoms with E-state index >= 15 is 0 Å². The van der Waals surface area contributed by atoms with Gasteiger partial charge < -0.3 is 15.3 Å². The van der Waals surface area contributed by atoms with Gasteiger partial charge in [-0.15, -0.1) is 0 Å². The molecule has 1 aliphatic heterocycles. The van der Waals surface area contributed by atoms with Gasteiger partial charge in [0.15, 0.2) is 0 Å². The first-order valence-corrected chi connectivity index (χ1v) is 7.74. The Morgan fingerprint density at radius 2 is 1.86 bits per heavy atom. The van der Waals surface area contributed by atoms with Crippen LogP contribution in [0.1, 0.15) is 30.9 Å². The van der Waals surface area contributed by atoms with E-state index < -0.39 is 11.8 Å². The number of nitrogens with one attached hydrogen (secondary N) is 1. The number of carbonyl (C=O) groups excluding carboxylic acids is 2. The topological polar surface area (TPSA) is 69.6 Å². The van der Waals surface area contributed by atoms with Crippen molar-refractivity contribution in [1.82, 2.24) is 4.90 Å². The summed E-state index contributed by atoms with van der Waals surface area (Å²) in [6, 6.07) is 5.58. The molecule has 0 spiro atoms. The number of nitrogens with zero attached hydrogens (tertiary/aromatic N) is 1. The molecular weight excluding hydrogens is 280 g/mol. The van der Waals surface area contributed by atoms with E-state index in [9.17, 15) is 14.7 Å². The summed E-state index contributed by atoms with van der Waals surface area (Å²) < 4.78 is 0. The number of rotatable bonds is 2. The largest absolute Gasteiger partial charge is 0.393 e. The quantitative estimate of drug-likeness (QED) is 0.819. The zero-order valence-electron chi connectivity index (χ0n) is 13.4. The molecule has 1 aromatic carbocycles. The maximum Gasteiger partial charge on any atom is 0.313 e. The Labute approximate surface area is 131 Å². The molecular formula is C17H24N2O3. The molecule has 2 N–H and O–H groups in total. The number of benzene rings is 1. The van der Waals surface area contributed by atoms with E-state index in [1.165, 1.54) is 0 Å². The highest BCUT2D eigenvalue weighted by molar-refractivity contribution is 6.39. The second-order valence-electron chi connectivity index (χ2n) is 6.12. The second-order valence-corrected chi connectivity index (χ2v) is 6.12. The minimum atomic E-state index is -0.598. The van der Waals surface area contributed by atoms with E-state index in [2.05, 4.69) is 5.32 Å². The fourth-order valence-electron chi connectivity index (χ4n) is 2.73. The number of hydrogen-bond acceptors (Lipinski definition) is 3. The number of anilines is 1. The third-order valence-corrected chi connectivity index (χ3v) is 4.47. The molecule has 1 aromatic rings. The van der Waals surface area contributed by atoms with E-state index in [-0.39, 0.29) is 12.0 Å². The molecule has 1 saturated heterocycles. The van der Waals surface area contributed by atoms with E-state index in [1.807, 2.05) is 26.0 Å². The van der Waals surface area contributed by atoms with Crippen molar-refractivity contribution in [2.24, 2.45) is 5.92 Å². The summed E-state index contributed by atoms with van der Waals surface area (Å²) in [7, 11) is 0. The van der Waals surface area contributed by atoms with E-state index in [1.54, 1.807) is 17.9 Å². The van der Waals surface area contributed by atoms with E-state index in [0.717, 1.165) is 24.0 Å². The highest BCUT2D eigenvalue weighted by atomic mass is 16.3. The van der Waals surface area contributed by atoms with Gasteiger partial charge >= 0.3 is 11.8 Å². The molecule has 1 unspecified atom stereocenters. The van der Waals surface area contributed by atoms with Crippen molar-refractivity contribution in [3.8, 4) is 0 Å². The van der Waals surface area contributed by atoms with Gasteiger partial charge in [-0.1, -0.05) is 6.07 Å². The molecule has 1 heterocycles. The summed E-state index contributed by atoms with van der Waals surface area (Å²) in [6.07, 6.45) is 1.11. The molecule has 1 atom stereocenters. The van der Waals surface area contributed by atoms with Gasteiger partial charge in [0.25, 0.3) is 0 Å². The predicted molar refractivity (Wildman–Crippen MR) is 85.5 cm³/mol. The lowest BCUT2D eigenvalue weighted by Gasteiger charge is -2.32. The van der Waals surface area contributed by atoms with Crippen LogP contribution in [0.25, 0.3) is 0 Å². The average Bonchev–Trinajstić information content (AvgIpc) is 2.50. The van der Waals surface area contributed by atoms with Crippen LogP contribution in [0.3, 0.4) is 0 Å². The molecule has 0 aliphatic carbocycles. The maximum absolute atomic E-state index is 12.2. The molecule has 0 radical (unpaired) electrons. The molecule has 0 aromatic heterocycles. The Morgan fingerprint density at radius 3 is 2.41 bits per heavy atom. The normalized spacial score (nSPS) is 17.2. The fraction of sp³-hybridized carbons (Fsp3) is 0.529. The van der Waals surface area contributed by atoms with Gasteiger partial charge in [-0.2, -0.15) is 0 Å². The van der Waals surface area contributed by atoms with E-state index in [4.69, 9.17) is 0 Å². The zero-order chi connectivity index (χ0) is 16.3. The lowest BCUT2D eigenvalue weighted by molar-refractivity contribution is -0.144.